The van der Waals surface area contributed by atoms with Crippen LogP contribution in [0, 0.1) is 6.92 Å². The summed E-state index contributed by atoms with van der Waals surface area (Å²) in [6, 6.07) is 3.62. The molecule has 146 valence electrons. The zero-order valence-corrected chi connectivity index (χ0v) is 15.4. The number of rotatable bonds is 4. The van der Waals surface area contributed by atoms with E-state index in [0.29, 0.717) is 16.8 Å². The molecule has 0 aliphatic carbocycles. The Kier molecular flexibility index (Phi) is 6.45. The smallest absolute Gasteiger partial charge is 0.354 e. The van der Waals surface area contributed by atoms with Gasteiger partial charge in [0.1, 0.15) is 0 Å². The monoisotopic (exact) mass is 393 g/mol. The van der Waals surface area contributed by atoms with Crippen molar-refractivity contribution in [2.75, 3.05) is 20.1 Å². The number of aromatic nitrogens is 1. The van der Waals surface area contributed by atoms with E-state index in [4.69, 9.17) is 0 Å². The van der Waals surface area contributed by atoms with Gasteiger partial charge in [0.25, 0.3) is 0 Å². The predicted molar refractivity (Wildman–Crippen MR) is 91.9 cm³/mol. The first-order valence-electron chi connectivity index (χ1n) is 8.09. The number of sulfonamides is 1. The van der Waals surface area contributed by atoms with Crippen LogP contribution in [0.5, 0.6) is 0 Å². The van der Waals surface area contributed by atoms with Crippen LogP contribution in [0.4, 0.5) is 13.2 Å². The Hall–Kier alpha value is -1.88. The molecule has 0 aromatic carbocycles. The molecule has 0 bridgehead atoms. The molecule has 1 aliphatic heterocycles. The fourth-order valence-corrected chi connectivity index (χ4v) is 3.63. The molecule has 0 radical (unpaired) electrons. The van der Waals surface area contributed by atoms with Gasteiger partial charge in [-0.05, 0) is 31.4 Å². The lowest BCUT2D eigenvalue weighted by atomic mass is 10.1. The number of hydrogen-bond donors (Lipinski definition) is 2. The van der Waals surface area contributed by atoms with Crippen LogP contribution in [0.1, 0.15) is 24.1 Å². The maximum Gasteiger partial charge on any atom is 0.511 e. The molecule has 2 N–H and O–H groups in total. The van der Waals surface area contributed by atoms with Crippen molar-refractivity contribution >= 4 is 16.0 Å². The van der Waals surface area contributed by atoms with Crippen molar-refractivity contribution in [3.05, 3.63) is 29.6 Å². The lowest BCUT2D eigenvalue weighted by Gasteiger charge is -2.32. The third-order valence-corrected chi connectivity index (χ3v) is 5.82. The zero-order valence-electron chi connectivity index (χ0n) is 14.5. The number of guanidine groups is 1. The second-order valence-corrected chi connectivity index (χ2v) is 7.89. The summed E-state index contributed by atoms with van der Waals surface area (Å²) in [5.74, 6) is 0.493. The molecule has 0 saturated carbocycles. The van der Waals surface area contributed by atoms with Crippen LogP contribution < -0.4 is 10.6 Å². The maximum absolute atomic E-state index is 12.6. The van der Waals surface area contributed by atoms with Crippen molar-refractivity contribution in [1.82, 2.24) is 19.9 Å². The maximum atomic E-state index is 12.6. The lowest BCUT2D eigenvalue weighted by molar-refractivity contribution is -0.0494. The summed E-state index contributed by atoms with van der Waals surface area (Å²) in [5.41, 5.74) is -3.37. The molecule has 2 rings (SSSR count). The minimum atomic E-state index is -5.26. The highest BCUT2D eigenvalue weighted by molar-refractivity contribution is 7.90. The molecule has 1 aliphatic rings. The molecule has 1 fully saturated rings. The fraction of sp³-hybridized carbons (Fsp3) is 0.600. The molecule has 1 aromatic rings. The Labute approximate surface area is 150 Å². The number of hydrogen-bond acceptors (Lipinski definition) is 4. The molecule has 2 heterocycles. The fourth-order valence-electron chi connectivity index (χ4n) is 2.65. The zero-order chi connectivity index (χ0) is 19.4. The molecule has 1 aromatic heterocycles. The minimum Gasteiger partial charge on any atom is -0.354 e. The van der Waals surface area contributed by atoms with E-state index in [-0.39, 0.29) is 32.0 Å². The number of halogens is 3. The molecule has 0 amide bonds. The van der Waals surface area contributed by atoms with Crippen molar-refractivity contribution in [2.24, 2.45) is 4.99 Å². The van der Waals surface area contributed by atoms with Crippen LogP contribution in [0.2, 0.25) is 0 Å². The summed E-state index contributed by atoms with van der Waals surface area (Å²) in [6.07, 6.45) is 2.22. The van der Waals surface area contributed by atoms with E-state index < -0.39 is 15.5 Å². The normalized spacial score (nSPS) is 18.0. The van der Waals surface area contributed by atoms with Crippen molar-refractivity contribution in [3.8, 4) is 0 Å². The summed E-state index contributed by atoms with van der Waals surface area (Å²) in [4.78, 5) is 8.35. The van der Waals surface area contributed by atoms with Crippen molar-refractivity contribution in [2.45, 2.75) is 37.9 Å². The molecular weight excluding hydrogens is 371 g/mol. The molecule has 0 unspecified atom stereocenters. The van der Waals surface area contributed by atoms with E-state index in [0.717, 1.165) is 11.3 Å². The van der Waals surface area contributed by atoms with Crippen LogP contribution in [0.3, 0.4) is 0 Å². The van der Waals surface area contributed by atoms with Gasteiger partial charge >= 0.3 is 15.5 Å². The Balaban J connectivity index is 1.87. The Morgan fingerprint density at radius 3 is 2.58 bits per heavy atom. The van der Waals surface area contributed by atoms with E-state index in [1.807, 2.05) is 19.1 Å². The van der Waals surface area contributed by atoms with Gasteiger partial charge in [-0.15, -0.1) is 0 Å². The van der Waals surface area contributed by atoms with E-state index >= 15 is 0 Å². The van der Waals surface area contributed by atoms with Gasteiger partial charge in [0.15, 0.2) is 5.96 Å². The van der Waals surface area contributed by atoms with Crippen LogP contribution in [0.25, 0.3) is 0 Å². The first-order valence-corrected chi connectivity index (χ1v) is 9.53. The van der Waals surface area contributed by atoms with Gasteiger partial charge in [0.2, 0.25) is 0 Å². The minimum absolute atomic E-state index is 0.161. The van der Waals surface area contributed by atoms with E-state index in [2.05, 4.69) is 20.6 Å². The lowest BCUT2D eigenvalue weighted by Crippen LogP contribution is -2.51. The third-order valence-electron chi connectivity index (χ3n) is 4.19. The van der Waals surface area contributed by atoms with Gasteiger partial charge in [-0.3, -0.25) is 9.98 Å². The van der Waals surface area contributed by atoms with E-state index in [1.165, 1.54) is 0 Å². The van der Waals surface area contributed by atoms with E-state index in [1.54, 1.807) is 13.2 Å². The van der Waals surface area contributed by atoms with Crippen LogP contribution in [-0.4, -0.2) is 55.4 Å². The van der Waals surface area contributed by atoms with Gasteiger partial charge < -0.3 is 10.6 Å². The van der Waals surface area contributed by atoms with Gasteiger partial charge in [-0.1, -0.05) is 6.07 Å². The molecule has 0 spiro atoms. The largest absolute Gasteiger partial charge is 0.511 e. The first-order chi connectivity index (χ1) is 12.1. The number of aryl methyl sites for hydroxylation is 1. The summed E-state index contributed by atoms with van der Waals surface area (Å²) in [7, 11) is -3.67. The number of nitrogens with zero attached hydrogens (tertiary/aromatic N) is 3. The topological polar surface area (TPSA) is 86.7 Å². The third kappa shape index (κ3) is 4.85. The first kappa shape index (κ1) is 20.4. The molecular formula is C15H22F3N5O2S. The van der Waals surface area contributed by atoms with Gasteiger partial charge in [0, 0.05) is 32.4 Å². The number of alkyl halides is 3. The highest BCUT2D eigenvalue weighted by atomic mass is 32.2. The number of nitrogens with one attached hydrogen (secondary N) is 2. The second-order valence-electron chi connectivity index (χ2n) is 5.96. The summed E-state index contributed by atoms with van der Waals surface area (Å²) < 4.78 is 61.1. The average molecular weight is 393 g/mol. The van der Waals surface area contributed by atoms with Crippen molar-refractivity contribution in [3.63, 3.8) is 0 Å². The van der Waals surface area contributed by atoms with E-state index in [9.17, 15) is 21.6 Å². The molecule has 7 nitrogen and oxygen atoms in total. The van der Waals surface area contributed by atoms with Crippen LogP contribution in [-0.2, 0) is 16.6 Å². The second kappa shape index (κ2) is 8.21. The molecule has 0 atom stereocenters. The standard InChI is InChI=1S/C15H22F3N5O2S/c1-11-4-3-7-20-13(11)10-21-14(19-2)22-12-5-8-23(9-6-12)26(24,25)15(16,17)18/h3-4,7,12H,5-6,8-10H2,1-2H3,(H2,19,21,22). The van der Waals surface area contributed by atoms with Crippen molar-refractivity contribution < 1.29 is 21.6 Å². The highest BCUT2D eigenvalue weighted by Crippen LogP contribution is 2.28. The molecule has 11 heteroatoms. The number of piperidine rings is 1. The average Bonchev–Trinajstić information content (AvgIpc) is 2.59. The quantitative estimate of drug-likeness (QED) is 0.596. The Morgan fingerprint density at radius 2 is 2.04 bits per heavy atom. The highest BCUT2D eigenvalue weighted by Gasteiger charge is 2.50. The molecule has 1 saturated heterocycles. The number of pyridine rings is 1. The van der Waals surface area contributed by atoms with Gasteiger partial charge in [-0.2, -0.15) is 17.5 Å². The number of aliphatic imine (C=N–C) groups is 1. The SMILES string of the molecule is CN=C(NCc1ncccc1C)NC1CCN(S(=O)(=O)C(F)(F)F)CC1. The predicted octanol–water partition coefficient (Wildman–Crippen LogP) is 1.37. The van der Waals surface area contributed by atoms with Crippen LogP contribution >= 0.6 is 0 Å². The van der Waals surface area contributed by atoms with Crippen molar-refractivity contribution in [1.29, 1.82) is 0 Å². The Morgan fingerprint density at radius 1 is 1.38 bits per heavy atom. The summed E-state index contributed by atoms with van der Waals surface area (Å²) in [5, 5.41) is 6.22. The molecule has 26 heavy (non-hydrogen) atoms. The Bertz CT molecular complexity index is 744. The summed E-state index contributed by atoms with van der Waals surface area (Å²) in [6.45, 7) is 2.02. The summed E-state index contributed by atoms with van der Waals surface area (Å²) >= 11 is 0. The van der Waals surface area contributed by atoms with Crippen LogP contribution in [0.15, 0.2) is 23.3 Å². The van der Waals surface area contributed by atoms with Gasteiger partial charge in [0.05, 0.1) is 12.2 Å². The van der Waals surface area contributed by atoms with Gasteiger partial charge in [-0.25, -0.2) is 8.42 Å².